The third-order valence-corrected chi connectivity index (χ3v) is 3.30. The molecule has 2 heteroatoms. The third kappa shape index (κ3) is 13.5. The summed E-state index contributed by atoms with van der Waals surface area (Å²) in [6.07, 6.45) is 12.1. The molecule has 1 N–H and O–H groups in total. The van der Waals surface area contributed by atoms with Gasteiger partial charge in [-0.2, -0.15) is 0 Å². The molecule has 1 amide bonds. The molecule has 0 heterocycles. The molecule has 0 radical (unpaired) electrons. The second kappa shape index (κ2) is 12.9. The molecule has 0 aliphatic rings. The van der Waals surface area contributed by atoms with Gasteiger partial charge in [-0.05, 0) is 18.8 Å². The number of rotatable bonds is 12. The second-order valence-corrected chi connectivity index (χ2v) is 5.76. The van der Waals surface area contributed by atoms with Gasteiger partial charge in [0, 0.05) is 13.0 Å². The molecule has 0 rings (SSSR count). The summed E-state index contributed by atoms with van der Waals surface area (Å²) in [4.78, 5) is 11.5. The SMILES string of the molecule is CCCCCCCCCCC(=O)NCCC(C)C. The van der Waals surface area contributed by atoms with E-state index in [1.54, 1.807) is 0 Å². The molecule has 2 nitrogen and oxygen atoms in total. The van der Waals surface area contributed by atoms with Crippen molar-refractivity contribution < 1.29 is 4.79 Å². The van der Waals surface area contributed by atoms with Crippen molar-refractivity contribution in [2.75, 3.05) is 6.54 Å². The van der Waals surface area contributed by atoms with E-state index in [1.807, 2.05) is 0 Å². The molecule has 0 aromatic carbocycles. The maximum atomic E-state index is 11.5. The first kappa shape index (κ1) is 17.5. The lowest BCUT2D eigenvalue weighted by molar-refractivity contribution is -0.121. The van der Waals surface area contributed by atoms with Gasteiger partial charge in [0.15, 0.2) is 0 Å². The van der Waals surface area contributed by atoms with E-state index in [9.17, 15) is 4.79 Å². The van der Waals surface area contributed by atoms with Gasteiger partial charge in [-0.3, -0.25) is 4.79 Å². The van der Waals surface area contributed by atoms with E-state index in [4.69, 9.17) is 0 Å². The number of amides is 1. The van der Waals surface area contributed by atoms with Crippen molar-refractivity contribution in [3.8, 4) is 0 Å². The van der Waals surface area contributed by atoms with Crippen molar-refractivity contribution in [3.63, 3.8) is 0 Å². The average Bonchev–Trinajstić information content (AvgIpc) is 2.32. The molecule has 0 saturated carbocycles. The van der Waals surface area contributed by atoms with Crippen LogP contribution in [0, 0.1) is 5.92 Å². The van der Waals surface area contributed by atoms with Crippen molar-refractivity contribution in [2.45, 2.75) is 85.0 Å². The highest BCUT2D eigenvalue weighted by atomic mass is 16.1. The van der Waals surface area contributed by atoms with Gasteiger partial charge in [0.2, 0.25) is 5.91 Å². The fraction of sp³-hybridized carbons (Fsp3) is 0.938. The molecule has 0 unspecified atom stereocenters. The van der Waals surface area contributed by atoms with Crippen molar-refractivity contribution >= 4 is 5.91 Å². The number of carbonyl (C=O) groups excluding carboxylic acids is 1. The first-order valence-corrected chi connectivity index (χ1v) is 7.93. The van der Waals surface area contributed by atoms with Gasteiger partial charge in [-0.1, -0.05) is 65.7 Å². The summed E-state index contributed by atoms with van der Waals surface area (Å²) in [6.45, 7) is 7.46. The van der Waals surface area contributed by atoms with Gasteiger partial charge in [-0.25, -0.2) is 0 Å². The first-order valence-electron chi connectivity index (χ1n) is 7.93. The molecule has 0 bridgehead atoms. The Balaban J connectivity index is 3.15. The minimum Gasteiger partial charge on any atom is -0.356 e. The van der Waals surface area contributed by atoms with Gasteiger partial charge in [-0.15, -0.1) is 0 Å². The van der Waals surface area contributed by atoms with Crippen molar-refractivity contribution in [1.82, 2.24) is 5.32 Å². The highest BCUT2D eigenvalue weighted by Crippen LogP contribution is 2.09. The Morgan fingerprint density at radius 1 is 0.944 bits per heavy atom. The number of carbonyl (C=O) groups is 1. The summed E-state index contributed by atoms with van der Waals surface area (Å²) in [6, 6.07) is 0. The Kier molecular flexibility index (Phi) is 12.5. The van der Waals surface area contributed by atoms with Crippen molar-refractivity contribution in [3.05, 3.63) is 0 Å². The largest absolute Gasteiger partial charge is 0.356 e. The summed E-state index contributed by atoms with van der Waals surface area (Å²) in [5.41, 5.74) is 0. The van der Waals surface area contributed by atoms with Crippen LogP contribution in [0.2, 0.25) is 0 Å². The van der Waals surface area contributed by atoms with E-state index in [0.29, 0.717) is 12.3 Å². The fourth-order valence-corrected chi connectivity index (χ4v) is 2.01. The lowest BCUT2D eigenvalue weighted by atomic mass is 10.1. The molecule has 0 aromatic heterocycles. The summed E-state index contributed by atoms with van der Waals surface area (Å²) in [5.74, 6) is 0.912. The molecule has 0 fully saturated rings. The molecule has 0 spiro atoms. The molecule has 108 valence electrons. The van der Waals surface area contributed by atoms with E-state index in [-0.39, 0.29) is 5.91 Å². The predicted molar refractivity (Wildman–Crippen MR) is 79.7 cm³/mol. The van der Waals surface area contributed by atoms with Gasteiger partial charge in [0.05, 0.1) is 0 Å². The summed E-state index contributed by atoms with van der Waals surface area (Å²) in [5, 5.41) is 2.99. The quantitative estimate of drug-likeness (QED) is 0.504. The average molecular weight is 255 g/mol. The van der Waals surface area contributed by atoms with Gasteiger partial charge >= 0.3 is 0 Å². The van der Waals surface area contributed by atoms with Crippen molar-refractivity contribution in [2.24, 2.45) is 5.92 Å². The smallest absolute Gasteiger partial charge is 0.219 e. The fourth-order valence-electron chi connectivity index (χ4n) is 2.01. The van der Waals surface area contributed by atoms with Gasteiger partial charge in [0.1, 0.15) is 0 Å². The zero-order valence-electron chi connectivity index (χ0n) is 12.8. The summed E-state index contributed by atoms with van der Waals surface area (Å²) in [7, 11) is 0. The van der Waals surface area contributed by atoms with Crippen LogP contribution >= 0.6 is 0 Å². The standard InChI is InChI=1S/C16H33NO/c1-4-5-6-7-8-9-10-11-12-16(18)17-14-13-15(2)3/h15H,4-14H2,1-3H3,(H,17,18). The zero-order chi connectivity index (χ0) is 13.6. The van der Waals surface area contributed by atoms with Crippen LogP contribution in [0.1, 0.15) is 85.0 Å². The molecular weight excluding hydrogens is 222 g/mol. The molecule has 0 atom stereocenters. The van der Waals surface area contributed by atoms with Crippen LogP contribution in [-0.4, -0.2) is 12.5 Å². The van der Waals surface area contributed by atoms with Gasteiger partial charge < -0.3 is 5.32 Å². The van der Waals surface area contributed by atoms with Gasteiger partial charge in [0.25, 0.3) is 0 Å². The molecule has 0 aliphatic heterocycles. The molecular formula is C16H33NO. The Morgan fingerprint density at radius 3 is 2.06 bits per heavy atom. The summed E-state index contributed by atoms with van der Waals surface area (Å²) >= 11 is 0. The van der Waals surface area contributed by atoms with E-state index < -0.39 is 0 Å². The number of hydrogen-bond acceptors (Lipinski definition) is 1. The Morgan fingerprint density at radius 2 is 1.50 bits per heavy atom. The van der Waals surface area contributed by atoms with Crippen LogP contribution in [0.25, 0.3) is 0 Å². The first-order chi connectivity index (χ1) is 8.66. The third-order valence-electron chi connectivity index (χ3n) is 3.30. The number of hydrogen-bond donors (Lipinski definition) is 1. The number of unbranched alkanes of at least 4 members (excludes halogenated alkanes) is 7. The Bertz CT molecular complexity index is 190. The minimum absolute atomic E-state index is 0.238. The lowest BCUT2D eigenvalue weighted by Gasteiger charge is -2.07. The van der Waals surface area contributed by atoms with Crippen LogP contribution in [-0.2, 0) is 4.79 Å². The monoisotopic (exact) mass is 255 g/mol. The van der Waals surface area contributed by atoms with Crippen LogP contribution in [0.4, 0.5) is 0 Å². The van der Waals surface area contributed by atoms with Crippen molar-refractivity contribution in [1.29, 1.82) is 0 Å². The van der Waals surface area contributed by atoms with E-state index in [2.05, 4.69) is 26.1 Å². The van der Waals surface area contributed by atoms with E-state index in [0.717, 1.165) is 19.4 Å². The van der Waals surface area contributed by atoms with Crippen LogP contribution in [0.15, 0.2) is 0 Å². The van der Waals surface area contributed by atoms with Crippen LogP contribution in [0.5, 0.6) is 0 Å². The molecule has 0 aromatic rings. The Labute approximate surface area is 114 Å². The lowest BCUT2D eigenvalue weighted by Crippen LogP contribution is -2.24. The predicted octanol–water partition coefficient (Wildman–Crippen LogP) is 4.68. The van der Waals surface area contributed by atoms with Crippen LogP contribution < -0.4 is 5.32 Å². The molecule has 18 heavy (non-hydrogen) atoms. The second-order valence-electron chi connectivity index (χ2n) is 5.76. The van der Waals surface area contributed by atoms with E-state index in [1.165, 1.54) is 44.9 Å². The molecule has 0 saturated heterocycles. The topological polar surface area (TPSA) is 29.1 Å². The zero-order valence-corrected chi connectivity index (χ0v) is 12.8. The number of nitrogens with one attached hydrogen (secondary N) is 1. The van der Waals surface area contributed by atoms with E-state index >= 15 is 0 Å². The Hall–Kier alpha value is -0.530. The summed E-state index contributed by atoms with van der Waals surface area (Å²) < 4.78 is 0. The maximum absolute atomic E-state index is 11.5. The highest BCUT2D eigenvalue weighted by Gasteiger charge is 2.01. The molecule has 0 aliphatic carbocycles. The minimum atomic E-state index is 0.238. The normalized spacial score (nSPS) is 10.9. The maximum Gasteiger partial charge on any atom is 0.219 e. The van der Waals surface area contributed by atoms with Crippen LogP contribution in [0.3, 0.4) is 0 Å². The highest BCUT2D eigenvalue weighted by molar-refractivity contribution is 5.75.